The summed E-state index contributed by atoms with van der Waals surface area (Å²) in [6.07, 6.45) is 3.63. The number of amides is 1. The Labute approximate surface area is 153 Å². The quantitative estimate of drug-likeness (QED) is 0.817. The second-order valence-electron chi connectivity index (χ2n) is 6.73. The molecule has 1 aliphatic rings. The highest BCUT2D eigenvalue weighted by atomic mass is 16.5. The third kappa shape index (κ3) is 3.77. The minimum Gasteiger partial charge on any atom is -0.377 e. The highest BCUT2D eigenvalue weighted by molar-refractivity contribution is 5.96. The van der Waals surface area contributed by atoms with Crippen molar-refractivity contribution in [3.63, 3.8) is 0 Å². The first-order chi connectivity index (χ1) is 12.5. The maximum atomic E-state index is 12.8. The van der Waals surface area contributed by atoms with E-state index < -0.39 is 0 Å². The van der Waals surface area contributed by atoms with Gasteiger partial charge >= 0.3 is 0 Å². The zero-order valence-corrected chi connectivity index (χ0v) is 15.9. The predicted octanol–water partition coefficient (Wildman–Crippen LogP) is 2.95. The molecule has 0 bridgehead atoms. The largest absolute Gasteiger partial charge is 0.377 e. The van der Waals surface area contributed by atoms with Crippen molar-refractivity contribution in [1.82, 2.24) is 20.0 Å². The Morgan fingerprint density at radius 3 is 2.65 bits per heavy atom. The van der Waals surface area contributed by atoms with Gasteiger partial charge in [-0.3, -0.25) is 4.79 Å². The van der Waals surface area contributed by atoms with E-state index in [9.17, 15) is 4.79 Å². The number of hydrogen-bond donors (Lipinski definition) is 0. The van der Waals surface area contributed by atoms with Crippen LogP contribution in [0.25, 0.3) is 0 Å². The molecule has 0 spiro atoms. The third-order valence-corrected chi connectivity index (χ3v) is 4.90. The summed E-state index contributed by atoms with van der Waals surface area (Å²) < 4.78 is 10.7. The number of aromatic nitrogens is 3. The number of hydrogen-bond acceptors (Lipinski definition) is 6. The lowest BCUT2D eigenvalue weighted by atomic mass is 9.90. The van der Waals surface area contributed by atoms with Crippen molar-refractivity contribution in [3.05, 3.63) is 40.3 Å². The van der Waals surface area contributed by atoms with Crippen LogP contribution in [0.2, 0.25) is 0 Å². The third-order valence-electron chi connectivity index (χ3n) is 4.90. The van der Waals surface area contributed by atoms with Crippen molar-refractivity contribution in [2.75, 3.05) is 19.7 Å². The van der Waals surface area contributed by atoms with Gasteiger partial charge in [-0.1, -0.05) is 5.16 Å². The van der Waals surface area contributed by atoms with Crippen molar-refractivity contribution in [2.45, 2.75) is 53.1 Å². The van der Waals surface area contributed by atoms with Gasteiger partial charge in [0, 0.05) is 37.4 Å². The van der Waals surface area contributed by atoms with Crippen molar-refractivity contribution < 1.29 is 14.1 Å². The van der Waals surface area contributed by atoms with Crippen LogP contribution < -0.4 is 0 Å². The summed E-state index contributed by atoms with van der Waals surface area (Å²) >= 11 is 0. The van der Waals surface area contributed by atoms with Gasteiger partial charge in [-0.2, -0.15) is 0 Å². The number of aryl methyl sites for hydroxylation is 3. The maximum Gasteiger partial charge on any atom is 0.259 e. The van der Waals surface area contributed by atoms with Crippen LogP contribution in [-0.2, 0) is 11.3 Å². The van der Waals surface area contributed by atoms with Gasteiger partial charge in [-0.25, -0.2) is 9.97 Å². The molecule has 7 heteroatoms. The molecule has 0 radical (unpaired) electrons. The van der Waals surface area contributed by atoms with E-state index in [1.165, 1.54) is 0 Å². The van der Waals surface area contributed by atoms with Gasteiger partial charge in [0.2, 0.25) is 0 Å². The highest BCUT2D eigenvalue weighted by Gasteiger charge is 2.29. The fourth-order valence-electron chi connectivity index (χ4n) is 3.49. The van der Waals surface area contributed by atoms with Crippen LogP contribution in [0, 0.1) is 20.8 Å². The molecule has 0 saturated carbocycles. The molecule has 26 heavy (non-hydrogen) atoms. The molecule has 1 aliphatic heterocycles. The average molecular weight is 358 g/mol. The Kier molecular flexibility index (Phi) is 5.66. The van der Waals surface area contributed by atoms with Crippen molar-refractivity contribution in [2.24, 2.45) is 0 Å². The summed E-state index contributed by atoms with van der Waals surface area (Å²) in [5.41, 5.74) is 3.36. The second kappa shape index (κ2) is 7.95. The molecule has 0 aromatic carbocycles. The zero-order valence-electron chi connectivity index (χ0n) is 15.9. The Morgan fingerprint density at radius 1 is 1.31 bits per heavy atom. The van der Waals surface area contributed by atoms with Gasteiger partial charge in [0.1, 0.15) is 17.1 Å². The normalized spacial score (nSPS) is 15.5. The SMILES string of the molecule is CCOCc1cnc(C)nc1C1CCN(C(=O)c2c(C)noc2C)CC1. The van der Waals surface area contributed by atoms with Crippen LogP contribution in [0.5, 0.6) is 0 Å². The van der Waals surface area contributed by atoms with E-state index >= 15 is 0 Å². The van der Waals surface area contributed by atoms with E-state index in [0.29, 0.717) is 49.2 Å². The molecule has 3 rings (SSSR count). The van der Waals surface area contributed by atoms with Crippen LogP contribution >= 0.6 is 0 Å². The Bertz CT molecular complexity index is 760. The first-order valence-electron chi connectivity index (χ1n) is 9.13. The molecule has 7 nitrogen and oxygen atoms in total. The van der Waals surface area contributed by atoms with Crippen LogP contribution in [0.3, 0.4) is 0 Å². The second-order valence-corrected chi connectivity index (χ2v) is 6.73. The van der Waals surface area contributed by atoms with Gasteiger partial charge in [-0.05, 0) is 40.5 Å². The number of carbonyl (C=O) groups excluding carboxylic acids is 1. The number of carbonyl (C=O) groups is 1. The van der Waals surface area contributed by atoms with Gasteiger partial charge in [0.05, 0.1) is 18.0 Å². The molecule has 2 aromatic heterocycles. The first-order valence-corrected chi connectivity index (χ1v) is 9.13. The zero-order chi connectivity index (χ0) is 18.7. The Balaban J connectivity index is 1.71. The van der Waals surface area contributed by atoms with E-state index in [2.05, 4.69) is 15.1 Å². The van der Waals surface area contributed by atoms with Gasteiger partial charge in [-0.15, -0.1) is 0 Å². The number of rotatable bonds is 5. The minimum absolute atomic E-state index is 0.00751. The molecule has 0 unspecified atom stereocenters. The molecule has 1 fully saturated rings. The summed E-state index contributed by atoms with van der Waals surface area (Å²) in [7, 11) is 0. The number of nitrogens with zero attached hydrogens (tertiary/aromatic N) is 4. The lowest BCUT2D eigenvalue weighted by Gasteiger charge is -2.32. The molecular formula is C19H26N4O3. The predicted molar refractivity (Wildman–Crippen MR) is 96.0 cm³/mol. The summed E-state index contributed by atoms with van der Waals surface area (Å²) in [6.45, 7) is 10.1. The molecule has 0 atom stereocenters. The van der Waals surface area contributed by atoms with E-state index in [4.69, 9.17) is 9.26 Å². The van der Waals surface area contributed by atoms with E-state index in [1.807, 2.05) is 24.9 Å². The maximum absolute atomic E-state index is 12.8. The van der Waals surface area contributed by atoms with E-state index in [0.717, 1.165) is 29.9 Å². The number of piperidine rings is 1. The Morgan fingerprint density at radius 2 is 2.04 bits per heavy atom. The fourth-order valence-corrected chi connectivity index (χ4v) is 3.49. The van der Waals surface area contributed by atoms with Crippen LogP contribution in [-0.4, -0.2) is 45.6 Å². The molecule has 1 saturated heterocycles. The lowest BCUT2D eigenvalue weighted by molar-refractivity contribution is 0.0708. The van der Waals surface area contributed by atoms with Crippen molar-refractivity contribution in [3.8, 4) is 0 Å². The first kappa shape index (κ1) is 18.5. The summed E-state index contributed by atoms with van der Waals surface area (Å²) in [5.74, 6) is 1.68. The number of ether oxygens (including phenoxy) is 1. The van der Waals surface area contributed by atoms with Gasteiger partial charge < -0.3 is 14.2 Å². The molecule has 2 aromatic rings. The van der Waals surface area contributed by atoms with E-state index in [1.54, 1.807) is 13.8 Å². The fraction of sp³-hybridized carbons (Fsp3) is 0.579. The number of likely N-dealkylation sites (tertiary alicyclic amines) is 1. The summed E-state index contributed by atoms with van der Waals surface area (Å²) in [4.78, 5) is 23.7. The molecule has 0 N–H and O–H groups in total. The van der Waals surface area contributed by atoms with Crippen LogP contribution in [0.4, 0.5) is 0 Å². The lowest BCUT2D eigenvalue weighted by Crippen LogP contribution is -2.38. The molecule has 0 aliphatic carbocycles. The highest BCUT2D eigenvalue weighted by Crippen LogP contribution is 2.30. The molecule has 3 heterocycles. The van der Waals surface area contributed by atoms with Crippen LogP contribution in [0.1, 0.15) is 64.6 Å². The van der Waals surface area contributed by atoms with Gasteiger partial charge in [0.15, 0.2) is 0 Å². The van der Waals surface area contributed by atoms with Crippen molar-refractivity contribution in [1.29, 1.82) is 0 Å². The molecule has 1 amide bonds. The topological polar surface area (TPSA) is 81.4 Å². The van der Waals surface area contributed by atoms with Gasteiger partial charge in [0.25, 0.3) is 5.91 Å². The van der Waals surface area contributed by atoms with Crippen LogP contribution in [0.15, 0.2) is 10.7 Å². The minimum atomic E-state index is 0.00751. The molecule has 140 valence electrons. The van der Waals surface area contributed by atoms with Crippen molar-refractivity contribution >= 4 is 5.91 Å². The van der Waals surface area contributed by atoms with E-state index in [-0.39, 0.29) is 5.91 Å². The Hall–Kier alpha value is -2.28. The monoisotopic (exact) mass is 358 g/mol. The summed E-state index contributed by atoms with van der Waals surface area (Å²) in [5, 5.41) is 3.89. The smallest absolute Gasteiger partial charge is 0.259 e. The summed E-state index contributed by atoms with van der Waals surface area (Å²) in [6, 6.07) is 0. The standard InChI is InChI=1S/C19H26N4O3/c1-5-25-11-16-10-20-14(4)21-18(16)15-6-8-23(9-7-15)19(24)17-12(2)22-26-13(17)3/h10,15H,5-9,11H2,1-4H3. The average Bonchev–Trinajstić information content (AvgIpc) is 2.98. The molecular weight excluding hydrogens is 332 g/mol.